The predicted molar refractivity (Wildman–Crippen MR) is 159 cm³/mol. The van der Waals surface area contributed by atoms with Gasteiger partial charge in [-0.1, -0.05) is 83.4 Å². The summed E-state index contributed by atoms with van der Waals surface area (Å²) in [6.45, 7) is 0. The molecule has 42 heavy (non-hydrogen) atoms. The van der Waals surface area contributed by atoms with Crippen LogP contribution in [-0.2, 0) is 19.2 Å². The van der Waals surface area contributed by atoms with Gasteiger partial charge < -0.3 is 0 Å². The Morgan fingerprint density at radius 2 is 1.19 bits per heavy atom. The molecule has 1 saturated carbocycles. The summed E-state index contributed by atoms with van der Waals surface area (Å²) in [7, 11) is 0. The lowest BCUT2D eigenvalue weighted by molar-refractivity contribution is -0.129. The highest BCUT2D eigenvalue weighted by atomic mass is 35.5. The van der Waals surface area contributed by atoms with Gasteiger partial charge in [0, 0.05) is 21.9 Å². The molecule has 0 spiro atoms. The maximum absolute atomic E-state index is 14.2. The van der Waals surface area contributed by atoms with Gasteiger partial charge in [0.2, 0.25) is 23.6 Å². The second-order valence-corrected chi connectivity index (χ2v) is 12.6. The Morgan fingerprint density at radius 3 is 1.83 bits per heavy atom. The molecule has 2 heterocycles. The molecule has 0 N–H and O–H groups in total. The first-order valence-electron chi connectivity index (χ1n) is 14.1. The number of anilines is 2. The van der Waals surface area contributed by atoms with Crippen LogP contribution in [0, 0.1) is 41.4 Å². The standard InChI is InChI=1S/C34H24Cl2N2O4/c35-18-8-4-10-20(14-18)37-31(39)25-16-24(17-6-2-1-3-7-17)26-22-12-13-23(27(26)30(25)34(37)42)29-28(22)32(40)38(33(29)41)21-11-5-9-19(36)15-21/h1-15,22-23,25,27-30H,16H2/t22-,23+,25+,27-,28+,29-,30+/m0/s1. The number of halogens is 2. The third-order valence-corrected chi connectivity index (χ3v) is 10.2. The van der Waals surface area contributed by atoms with Crippen LogP contribution in [0.5, 0.6) is 0 Å². The largest absolute Gasteiger partial charge is 0.274 e. The minimum Gasteiger partial charge on any atom is -0.274 e. The number of allylic oxidation sites excluding steroid dienone is 4. The molecule has 208 valence electrons. The van der Waals surface area contributed by atoms with E-state index in [0.29, 0.717) is 27.8 Å². The molecule has 8 heteroatoms. The minimum absolute atomic E-state index is 0.249. The van der Waals surface area contributed by atoms with E-state index in [1.54, 1.807) is 48.5 Å². The summed E-state index contributed by atoms with van der Waals surface area (Å²) in [4.78, 5) is 58.9. The van der Waals surface area contributed by atoms with Gasteiger partial charge in [-0.2, -0.15) is 0 Å². The average molecular weight is 595 g/mol. The Kier molecular flexibility index (Phi) is 5.66. The number of imide groups is 2. The van der Waals surface area contributed by atoms with Crippen LogP contribution in [-0.4, -0.2) is 23.6 Å². The Morgan fingerprint density at radius 1 is 0.595 bits per heavy atom. The van der Waals surface area contributed by atoms with Crippen molar-refractivity contribution in [2.75, 3.05) is 9.80 Å². The quantitative estimate of drug-likeness (QED) is 0.267. The smallest absolute Gasteiger partial charge is 0.238 e. The third kappa shape index (κ3) is 3.45. The normalized spacial score (nSPS) is 31.1. The van der Waals surface area contributed by atoms with Gasteiger partial charge in [-0.15, -0.1) is 0 Å². The van der Waals surface area contributed by atoms with E-state index < -0.39 is 29.6 Å². The van der Waals surface area contributed by atoms with E-state index in [4.69, 9.17) is 23.2 Å². The van der Waals surface area contributed by atoms with Gasteiger partial charge in [0.15, 0.2) is 0 Å². The summed E-state index contributed by atoms with van der Waals surface area (Å²) < 4.78 is 0. The number of carbonyl (C=O) groups is 4. The Labute approximate surface area is 252 Å². The summed E-state index contributed by atoms with van der Waals surface area (Å²) in [5.74, 6) is -4.63. The lowest BCUT2D eigenvalue weighted by Crippen LogP contribution is -2.51. The zero-order valence-electron chi connectivity index (χ0n) is 22.2. The van der Waals surface area contributed by atoms with Crippen LogP contribution in [0.3, 0.4) is 0 Å². The highest BCUT2D eigenvalue weighted by Crippen LogP contribution is 2.63. The molecular formula is C34H24Cl2N2O4. The van der Waals surface area contributed by atoms with Crippen molar-refractivity contribution in [1.82, 2.24) is 0 Å². The second-order valence-electron chi connectivity index (χ2n) is 11.7. The lowest BCUT2D eigenvalue weighted by Gasteiger charge is -2.51. The van der Waals surface area contributed by atoms with Gasteiger partial charge in [-0.05, 0) is 59.9 Å². The maximum atomic E-state index is 14.2. The Bertz CT molecular complexity index is 1780. The van der Waals surface area contributed by atoms with Crippen molar-refractivity contribution < 1.29 is 19.2 Å². The zero-order chi connectivity index (χ0) is 28.9. The number of rotatable bonds is 3. The number of hydrogen-bond acceptors (Lipinski definition) is 4. The summed E-state index contributed by atoms with van der Waals surface area (Å²) in [6.07, 6.45) is 4.44. The van der Waals surface area contributed by atoms with Crippen LogP contribution >= 0.6 is 23.2 Å². The SMILES string of the molecule is O=C1[C@H]2[C@@H]3C=C[C@@H](C4=C(c5ccccc5)C[C@H]5C(=O)N(c6cccc(Cl)c6)C(=O)[C@H]5[C@H]43)[C@H]2C(=O)N1c1cccc(Cl)c1. The molecule has 6 nitrogen and oxygen atoms in total. The van der Waals surface area contributed by atoms with E-state index in [2.05, 4.69) is 0 Å². The molecule has 0 aromatic heterocycles. The molecule has 4 amide bonds. The van der Waals surface area contributed by atoms with Crippen LogP contribution in [0.1, 0.15) is 12.0 Å². The first-order valence-corrected chi connectivity index (χ1v) is 14.8. The molecule has 7 atom stereocenters. The first kappa shape index (κ1) is 25.7. The Balaban J connectivity index is 1.29. The molecule has 2 aliphatic heterocycles. The van der Waals surface area contributed by atoms with E-state index in [9.17, 15) is 19.2 Å². The molecule has 0 radical (unpaired) electrons. The van der Waals surface area contributed by atoms with Gasteiger partial charge in [0.05, 0.1) is 35.0 Å². The van der Waals surface area contributed by atoms with E-state index in [-0.39, 0.29) is 35.5 Å². The highest BCUT2D eigenvalue weighted by Gasteiger charge is 2.67. The number of nitrogens with zero attached hydrogens (tertiary/aromatic N) is 2. The van der Waals surface area contributed by atoms with Gasteiger partial charge >= 0.3 is 0 Å². The summed E-state index contributed by atoms with van der Waals surface area (Å²) in [5.41, 5.74) is 3.87. The molecular weight excluding hydrogens is 571 g/mol. The molecule has 3 fully saturated rings. The highest BCUT2D eigenvalue weighted by molar-refractivity contribution is 6.32. The average Bonchev–Trinajstić information content (AvgIpc) is 3.42. The van der Waals surface area contributed by atoms with Crippen LogP contribution in [0.2, 0.25) is 10.0 Å². The number of benzene rings is 3. The van der Waals surface area contributed by atoms with Crippen LogP contribution in [0.4, 0.5) is 11.4 Å². The van der Waals surface area contributed by atoms with Crippen molar-refractivity contribution in [3.63, 3.8) is 0 Å². The molecule has 3 aromatic rings. The fraction of sp³-hybridized carbons (Fsp3) is 0.235. The molecule has 0 unspecified atom stereocenters. The van der Waals surface area contributed by atoms with Crippen molar-refractivity contribution in [3.8, 4) is 0 Å². The van der Waals surface area contributed by atoms with Crippen molar-refractivity contribution in [2.24, 2.45) is 41.4 Å². The molecule has 9 rings (SSSR count). The second kappa shape index (κ2) is 9.25. The number of amides is 4. The van der Waals surface area contributed by atoms with Crippen molar-refractivity contribution >= 4 is 63.8 Å². The molecule has 2 saturated heterocycles. The first-order chi connectivity index (χ1) is 20.3. The van der Waals surface area contributed by atoms with Crippen molar-refractivity contribution in [2.45, 2.75) is 6.42 Å². The van der Waals surface area contributed by atoms with E-state index >= 15 is 0 Å². The monoisotopic (exact) mass is 594 g/mol. The molecule has 3 aromatic carbocycles. The zero-order valence-corrected chi connectivity index (χ0v) is 23.7. The third-order valence-electron chi connectivity index (χ3n) is 9.76. The van der Waals surface area contributed by atoms with Gasteiger partial charge in [-0.3, -0.25) is 19.2 Å². The van der Waals surface area contributed by atoms with Crippen molar-refractivity contribution in [3.05, 3.63) is 112 Å². The topological polar surface area (TPSA) is 74.8 Å². The van der Waals surface area contributed by atoms with E-state index in [1.165, 1.54) is 9.80 Å². The molecule has 6 aliphatic rings. The van der Waals surface area contributed by atoms with E-state index in [0.717, 1.165) is 16.7 Å². The van der Waals surface area contributed by atoms with Crippen LogP contribution < -0.4 is 9.80 Å². The van der Waals surface area contributed by atoms with E-state index in [1.807, 2.05) is 42.5 Å². The molecule has 4 aliphatic carbocycles. The van der Waals surface area contributed by atoms with Crippen molar-refractivity contribution in [1.29, 1.82) is 0 Å². The molecule has 2 bridgehead atoms. The lowest BCUT2D eigenvalue weighted by atomic mass is 9.49. The number of hydrogen-bond donors (Lipinski definition) is 0. The van der Waals surface area contributed by atoms with Gasteiger partial charge in [-0.25, -0.2) is 9.80 Å². The van der Waals surface area contributed by atoms with Gasteiger partial charge in [0.25, 0.3) is 0 Å². The number of fused-ring (bicyclic) bond motifs is 1. The predicted octanol–water partition coefficient (Wildman–Crippen LogP) is 6.19. The fourth-order valence-electron chi connectivity index (χ4n) is 8.26. The Hall–Kier alpha value is -4.00. The van der Waals surface area contributed by atoms with Gasteiger partial charge in [0.1, 0.15) is 0 Å². The van der Waals surface area contributed by atoms with Crippen LogP contribution in [0.15, 0.2) is 96.6 Å². The number of carbonyl (C=O) groups excluding carboxylic acids is 4. The maximum Gasteiger partial charge on any atom is 0.238 e. The van der Waals surface area contributed by atoms with Crippen LogP contribution in [0.25, 0.3) is 5.57 Å². The summed E-state index contributed by atoms with van der Waals surface area (Å²) >= 11 is 12.5. The fourth-order valence-corrected chi connectivity index (χ4v) is 8.62. The minimum atomic E-state index is -0.638. The summed E-state index contributed by atoms with van der Waals surface area (Å²) in [6, 6.07) is 23.4. The summed E-state index contributed by atoms with van der Waals surface area (Å²) in [5, 5.41) is 0.872.